The van der Waals surface area contributed by atoms with Crippen LogP contribution in [0, 0.1) is 0 Å². The molecular formula is C10H15NO2S. The van der Waals surface area contributed by atoms with Gasteiger partial charge in [0.2, 0.25) is 0 Å². The molecule has 4 heteroatoms. The van der Waals surface area contributed by atoms with E-state index in [1.165, 1.54) is 18.7 Å². The molecule has 0 aliphatic rings. The van der Waals surface area contributed by atoms with Gasteiger partial charge in [0.05, 0.1) is 0 Å². The van der Waals surface area contributed by atoms with Crippen LogP contribution in [0.3, 0.4) is 0 Å². The van der Waals surface area contributed by atoms with Gasteiger partial charge in [0.25, 0.3) is 5.91 Å². The van der Waals surface area contributed by atoms with Gasteiger partial charge in [-0.3, -0.25) is 4.79 Å². The van der Waals surface area contributed by atoms with E-state index in [9.17, 15) is 9.90 Å². The van der Waals surface area contributed by atoms with Crippen molar-refractivity contribution in [3.05, 3.63) is 22.4 Å². The van der Waals surface area contributed by atoms with Gasteiger partial charge in [-0.05, 0) is 36.2 Å². The SMILES string of the molecule is CN(Cc1ccsc1)C(=O)C(C)(C)O. The van der Waals surface area contributed by atoms with Crippen molar-refractivity contribution in [2.45, 2.75) is 26.0 Å². The first kappa shape index (κ1) is 11.2. The van der Waals surface area contributed by atoms with Crippen LogP contribution in [0.1, 0.15) is 19.4 Å². The van der Waals surface area contributed by atoms with E-state index in [0.717, 1.165) is 5.56 Å². The molecule has 1 N–H and O–H groups in total. The summed E-state index contributed by atoms with van der Waals surface area (Å²) in [7, 11) is 1.69. The Morgan fingerprint density at radius 1 is 1.64 bits per heavy atom. The van der Waals surface area contributed by atoms with Gasteiger partial charge < -0.3 is 10.0 Å². The highest BCUT2D eigenvalue weighted by Crippen LogP contribution is 2.12. The second-order valence-corrected chi connectivity index (χ2v) is 4.63. The highest BCUT2D eigenvalue weighted by molar-refractivity contribution is 7.07. The van der Waals surface area contributed by atoms with Crippen molar-refractivity contribution in [3.8, 4) is 0 Å². The minimum Gasteiger partial charge on any atom is -0.381 e. The largest absolute Gasteiger partial charge is 0.381 e. The zero-order valence-corrected chi connectivity index (χ0v) is 9.47. The number of carbonyl (C=O) groups is 1. The Morgan fingerprint density at radius 2 is 2.29 bits per heavy atom. The highest BCUT2D eigenvalue weighted by Gasteiger charge is 2.27. The van der Waals surface area contributed by atoms with E-state index in [2.05, 4.69) is 0 Å². The third-order valence-electron chi connectivity index (χ3n) is 1.87. The van der Waals surface area contributed by atoms with Gasteiger partial charge in [-0.1, -0.05) is 0 Å². The number of aliphatic hydroxyl groups is 1. The molecule has 0 saturated heterocycles. The molecular weight excluding hydrogens is 198 g/mol. The first-order chi connectivity index (χ1) is 6.41. The number of thiophene rings is 1. The fourth-order valence-corrected chi connectivity index (χ4v) is 1.86. The van der Waals surface area contributed by atoms with E-state index in [4.69, 9.17) is 0 Å². The first-order valence-electron chi connectivity index (χ1n) is 4.40. The molecule has 0 aromatic carbocycles. The normalized spacial score (nSPS) is 11.4. The maximum absolute atomic E-state index is 11.6. The van der Waals surface area contributed by atoms with Gasteiger partial charge >= 0.3 is 0 Å². The quantitative estimate of drug-likeness (QED) is 0.826. The minimum atomic E-state index is -1.29. The van der Waals surface area contributed by atoms with Crippen molar-refractivity contribution >= 4 is 17.2 Å². The van der Waals surface area contributed by atoms with Crippen LogP contribution in [-0.4, -0.2) is 28.6 Å². The Kier molecular flexibility index (Phi) is 3.29. The molecule has 0 saturated carbocycles. The lowest BCUT2D eigenvalue weighted by Gasteiger charge is -2.24. The average Bonchev–Trinajstić information content (AvgIpc) is 2.53. The van der Waals surface area contributed by atoms with Crippen LogP contribution in [0.2, 0.25) is 0 Å². The Labute approximate surface area is 88.0 Å². The van der Waals surface area contributed by atoms with Gasteiger partial charge in [0.1, 0.15) is 5.60 Å². The Balaban J connectivity index is 2.59. The summed E-state index contributed by atoms with van der Waals surface area (Å²) in [5.41, 5.74) is -0.194. The van der Waals surface area contributed by atoms with E-state index in [-0.39, 0.29) is 5.91 Å². The molecule has 1 rings (SSSR count). The number of hydrogen-bond acceptors (Lipinski definition) is 3. The third kappa shape index (κ3) is 2.82. The minimum absolute atomic E-state index is 0.260. The molecule has 0 radical (unpaired) electrons. The van der Waals surface area contributed by atoms with Gasteiger partial charge in [0.15, 0.2) is 0 Å². The summed E-state index contributed by atoms with van der Waals surface area (Å²) in [4.78, 5) is 13.1. The number of hydrogen-bond donors (Lipinski definition) is 1. The molecule has 0 aliphatic carbocycles. The summed E-state index contributed by atoms with van der Waals surface area (Å²) in [5, 5.41) is 13.5. The summed E-state index contributed by atoms with van der Waals surface area (Å²) in [6.07, 6.45) is 0. The van der Waals surface area contributed by atoms with Crippen molar-refractivity contribution < 1.29 is 9.90 Å². The average molecular weight is 213 g/mol. The van der Waals surface area contributed by atoms with Gasteiger partial charge in [-0.2, -0.15) is 11.3 Å². The van der Waals surface area contributed by atoms with Crippen LogP contribution in [0.5, 0.6) is 0 Å². The van der Waals surface area contributed by atoms with E-state index in [0.29, 0.717) is 6.54 Å². The molecule has 0 aliphatic heterocycles. The molecule has 0 unspecified atom stereocenters. The molecule has 3 nitrogen and oxygen atoms in total. The maximum atomic E-state index is 11.6. The third-order valence-corrected chi connectivity index (χ3v) is 2.60. The van der Waals surface area contributed by atoms with Crippen LogP contribution in [0.4, 0.5) is 0 Å². The molecule has 0 bridgehead atoms. The zero-order chi connectivity index (χ0) is 10.8. The van der Waals surface area contributed by atoms with Gasteiger partial charge in [-0.25, -0.2) is 0 Å². The Morgan fingerprint density at radius 3 is 2.71 bits per heavy atom. The lowest BCUT2D eigenvalue weighted by atomic mass is 10.1. The fourth-order valence-electron chi connectivity index (χ4n) is 1.20. The number of carbonyl (C=O) groups excluding carboxylic acids is 1. The topological polar surface area (TPSA) is 40.5 Å². The van der Waals surface area contributed by atoms with E-state index < -0.39 is 5.60 Å². The van der Waals surface area contributed by atoms with Crippen LogP contribution in [0.15, 0.2) is 16.8 Å². The van der Waals surface area contributed by atoms with E-state index in [1.54, 1.807) is 18.4 Å². The van der Waals surface area contributed by atoms with Gasteiger partial charge in [-0.15, -0.1) is 0 Å². The summed E-state index contributed by atoms with van der Waals surface area (Å²) >= 11 is 1.60. The molecule has 1 heterocycles. The highest BCUT2D eigenvalue weighted by atomic mass is 32.1. The standard InChI is InChI=1S/C10H15NO2S/c1-10(2,13)9(12)11(3)6-8-4-5-14-7-8/h4-5,7,13H,6H2,1-3H3. The fraction of sp³-hybridized carbons (Fsp3) is 0.500. The second kappa shape index (κ2) is 4.11. The molecule has 0 atom stereocenters. The number of nitrogens with zero attached hydrogens (tertiary/aromatic N) is 1. The molecule has 1 amide bonds. The zero-order valence-electron chi connectivity index (χ0n) is 8.65. The van der Waals surface area contributed by atoms with Crippen LogP contribution >= 0.6 is 11.3 Å². The summed E-state index contributed by atoms with van der Waals surface area (Å²) in [6.45, 7) is 3.55. The monoisotopic (exact) mass is 213 g/mol. The van der Waals surface area contributed by atoms with Gasteiger partial charge in [0, 0.05) is 13.6 Å². The number of likely N-dealkylation sites (N-methyl/N-ethyl adjacent to an activating group) is 1. The van der Waals surface area contributed by atoms with Crippen molar-refractivity contribution in [1.29, 1.82) is 0 Å². The summed E-state index contributed by atoms with van der Waals surface area (Å²) in [6, 6.07) is 1.97. The van der Waals surface area contributed by atoms with Crippen molar-refractivity contribution in [1.82, 2.24) is 4.90 Å². The molecule has 1 aromatic rings. The molecule has 14 heavy (non-hydrogen) atoms. The van der Waals surface area contributed by atoms with Crippen molar-refractivity contribution in [2.75, 3.05) is 7.05 Å². The molecule has 78 valence electrons. The molecule has 0 fully saturated rings. The molecule has 1 aromatic heterocycles. The number of amides is 1. The first-order valence-corrected chi connectivity index (χ1v) is 5.34. The smallest absolute Gasteiger partial charge is 0.253 e. The van der Waals surface area contributed by atoms with Crippen LogP contribution in [-0.2, 0) is 11.3 Å². The predicted octanol–water partition coefficient (Wildman–Crippen LogP) is 1.48. The number of rotatable bonds is 3. The van der Waals surface area contributed by atoms with Crippen molar-refractivity contribution in [2.24, 2.45) is 0 Å². The van der Waals surface area contributed by atoms with E-state index >= 15 is 0 Å². The molecule has 0 spiro atoms. The lowest BCUT2D eigenvalue weighted by molar-refractivity contribution is -0.146. The summed E-state index contributed by atoms with van der Waals surface area (Å²) < 4.78 is 0. The summed E-state index contributed by atoms with van der Waals surface area (Å²) in [5.74, 6) is -0.260. The predicted molar refractivity (Wildman–Crippen MR) is 57.1 cm³/mol. The van der Waals surface area contributed by atoms with Crippen LogP contribution in [0.25, 0.3) is 0 Å². The Bertz CT molecular complexity index is 300. The lowest BCUT2D eigenvalue weighted by Crippen LogP contribution is -2.42. The maximum Gasteiger partial charge on any atom is 0.253 e. The van der Waals surface area contributed by atoms with E-state index in [1.807, 2.05) is 16.8 Å². The van der Waals surface area contributed by atoms with Crippen LogP contribution < -0.4 is 0 Å². The Hall–Kier alpha value is -0.870. The van der Waals surface area contributed by atoms with Crippen molar-refractivity contribution in [3.63, 3.8) is 0 Å². The second-order valence-electron chi connectivity index (χ2n) is 3.85.